The molecule has 2 aromatic heterocycles. The molecule has 1 N–H and O–H groups in total. The van der Waals surface area contributed by atoms with Gasteiger partial charge in [-0.25, -0.2) is 4.98 Å². The van der Waals surface area contributed by atoms with Crippen molar-refractivity contribution in [1.82, 2.24) is 20.2 Å². The highest BCUT2D eigenvalue weighted by Gasteiger charge is 2.24. The summed E-state index contributed by atoms with van der Waals surface area (Å²) in [4.78, 5) is 11.3. The normalized spacial score (nSPS) is 19.2. The molecule has 6 heteroatoms. The fourth-order valence-electron chi connectivity index (χ4n) is 2.64. The first-order valence-electron chi connectivity index (χ1n) is 7.15. The molecule has 3 rings (SSSR count). The molecule has 0 aromatic carbocycles. The Labute approximate surface area is 136 Å². The van der Waals surface area contributed by atoms with Crippen molar-refractivity contribution in [3.63, 3.8) is 0 Å². The lowest BCUT2D eigenvalue weighted by molar-refractivity contribution is 0.152. The molecule has 1 fully saturated rings. The third-order valence-corrected chi connectivity index (χ3v) is 4.75. The van der Waals surface area contributed by atoms with Crippen molar-refractivity contribution in [1.29, 1.82) is 0 Å². The Bertz CT molecular complexity index is 546. The van der Waals surface area contributed by atoms with Crippen LogP contribution in [0.1, 0.15) is 29.2 Å². The van der Waals surface area contributed by atoms with Crippen molar-refractivity contribution in [2.75, 3.05) is 19.6 Å². The monoisotopic (exact) mass is 324 g/mol. The highest BCUT2D eigenvalue weighted by molar-refractivity contribution is 7.09. The van der Waals surface area contributed by atoms with Crippen LogP contribution in [-0.2, 0) is 13.0 Å². The molecule has 0 saturated carbocycles. The smallest absolute Gasteiger partial charge is 0.0926 e. The molecule has 1 aliphatic heterocycles. The Morgan fingerprint density at radius 1 is 1.38 bits per heavy atom. The standard InChI is InChI=1S/C15H20N4S.ClH/c1-2-15-18-13(11-20-15)10-19-8-7-17-9-14(19)12-3-5-16-6-4-12;/h3-6,11,14,17H,2,7-10H2,1H3;1H. The molecule has 3 heterocycles. The van der Waals surface area contributed by atoms with Crippen LogP contribution in [0.3, 0.4) is 0 Å². The van der Waals surface area contributed by atoms with Crippen molar-refractivity contribution in [2.24, 2.45) is 0 Å². The van der Waals surface area contributed by atoms with Gasteiger partial charge in [0.05, 0.1) is 10.7 Å². The second kappa shape index (κ2) is 7.84. The van der Waals surface area contributed by atoms with Gasteiger partial charge < -0.3 is 5.32 Å². The van der Waals surface area contributed by atoms with Crippen LogP contribution in [0.2, 0.25) is 0 Å². The zero-order chi connectivity index (χ0) is 13.8. The number of nitrogens with zero attached hydrogens (tertiary/aromatic N) is 3. The van der Waals surface area contributed by atoms with Crippen LogP contribution in [0.4, 0.5) is 0 Å². The zero-order valence-electron chi connectivity index (χ0n) is 12.2. The first-order chi connectivity index (χ1) is 9.86. The van der Waals surface area contributed by atoms with Crippen LogP contribution >= 0.6 is 23.7 Å². The molecule has 0 spiro atoms. The summed E-state index contributed by atoms with van der Waals surface area (Å²) in [6.07, 6.45) is 4.78. The number of hydrogen-bond acceptors (Lipinski definition) is 5. The number of nitrogens with one attached hydrogen (secondary N) is 1. The first-order valence-corrected chi connectivity index (χ1v) is 8.02. The lowest BCUT2D eigenvalue weighted by Crippen LogP contribution is -2.45. The van der Waals surface area contributed by atoms with E-state index in [1.807, 2.05) is 12.4 Å². The predicted molar refractivity (Wildman–Crippen MR) is 89.0 cm³/mol. The summed E-state index contributed by atoms with van der Waals surface area (Å²) in [6, 6.07) is 4.64. The van der Waals surface area contributed by atoms with E-state index >= 15 is 0 Å². The van der Waals surface area contributed by atoms with Gasteiger partial charge in [0.15, 0.2) is 0 Å². The Balaban J connectivity index is 0.00000161. The van der Waals surface area contributed by atoms with Crippen LogP contribution in [0, 0.1) is 0 Å². The lowest BCUT2D eigenvalue weighted by Gasteiger charge is -2.36. The summed E-state index contributed by atoms with van der Waals surface area (Å²) in [5.74, 6) is 0. The molecule has 0 amide bonds. The van der Waals surface area contributed by atoms with E-state index in [4.69, 9.17) is 4.98 Å². The Morgan fingerprint density at radius 2 is 2.19 bits per heavy atom. The molecule has 1 aliphatic rings. The van der Waals surface area contributed by atoms with Crippen molar-refractivity contribution in [2.45, 2.75) is 25.9 Å². The Kier molecular flexibility index (Phi) is 6.11. The largest absolute Gasteiger partial charge is 0.314 e. The minimum atomic E-state index is 0. The van der Waals surface area contributed by atoms with Gasteiger partial charge in [0.1, 0.15) is 0 Å². The minimum Gasteiger partial charge on any atom is -0.314 e. The number of aromatic nitrogens is 2. The average molecular weight is 325 g/mol. The molecule has 0 radical (unpaired) electrons. The molecule has 4 nitrogen and oxygen atoms in total. The van der Waals surface area contributed by atoms with E-state index < -0.39 is 0 Å². The van der Waals surface area contributed by atoms with Crippen molar-refractivity contribution in [3.8, 4) is 0 Å². The lowest BCUT2D eigenvalue weighted by atomic mass is 10.0. The Morgan fingerprint density at radius 3 is 2.90 bits per heavy atom. The summed E-state index contributed by atoms with van der Waals surface area (Å²) >= 11 is 1.77. The van der Waals surface area contributed by atoms with E-state index in [-0.39, 0.29) is 12.4 Å². The molecule has 0 bridgehead atoms. The SMILES string of the molecule is CCc1nc(CN2CCNCC2c2ccncc2)cs1.Cl. The van der Waals surface area contributed by atoms with E-state index in [0.29, 0.717) is 6.04 Å². The topological polar surface area (TPSA) is 41.1 Å². The van der Waals surface area contributed by atoms with Gasteiger partial charge in [0.2, 0.25) is 0 Å². The molecule has 2 aromatic rings. The fourth-order valence-corrected chi connectivity index (χ4v) is 3.38. The highest BCUT2D eigenvalue weighted by atomic mass is 35.5. The summed E-state index contributed by atoms with van der Waals surface area (Å²) in [6.45, 7) is 6.20. The number of rotatable bonds is 4. The number of hydrogen-bond donors (Lipinski definition) is 1. The molecule has 1 saturated heterocycles. The molecule has 21 heavy (non-hydrogen) atoms. The molecule has 1 unspecified atom stereocenters. The Hall–Kier alpha value is -1.01. The average Bonchev–Trinajstić information content (AvgIpc) is 2.96. The number of halogens is 1. The summed E-state index contributed by atoms with van der Waals surface area (Å²) in [5.41, 5.74) is 2.53. The number of pyridine rings is 1. The molecule has 114 valence electrons. The maximum absolute atomic E-state index is 4.70. The summed E-state index contributed by atoms with van der Waals surface area (Å²) < 4.78 is 0. The van der Waals surface area contributed by atoms with Crippen molar-refractivity contribution in [3.05, 3.63) is 46.2 Å². The second-order valence-corrected chi connectivity index (χ2v) is 6.00. The molecular weight excluding hydrogens is 304 g/mol. The summed E-state index contributed by atoms with van der Waals surface area (Å²) in [5, 5.41) is 6.92. The van der Waals surface area contributed by atoms with Crippen LogP contribution in [-0.4, -0.2) is 34.5 Å². The zero-order valence-corrected chi connectivity index (χ0v) is 13.8. The summed E-state index contributed by atoms with van der Waals surface area (Å²) in [7, 11) is 0. The van der Waals surface area contributed by atoms with Gasteiger partial charge in [-0.1, -0.05) is 6.92 Å². The van der Waals surface area contributed by atoms with Gasteiger partial charge in [-0.05, 0) is 24.1 Å². The van der Waals surface area contributed by atoms with E-state index in [9.17, 15) is 0 Å². The number of aryl methyl sites for hydroxylation is 1. The van der Waals surface area contributed by atoms with E-state index in [1.54, 1.807) is 11.3 Å². The van der Waals surface area contributed by atoms with E-state index in [2.05, 4.69) is 39.6 Å². The maximum Gasteiger partial charge on any atom is 0.0926 e. The maximum atomic E-state index is 4.70. The van der Waals surface area contributed by atoms with Gasteiger partial charge in [0.25, 0.3) is 0 Å². The van der Waals surface area contributed by atoms with Crippen LogP contribution in [0.5, 0.6) is 0 Å². The third-order valence-electron chi connectivity index (χ3n) is 3.71. The second-order valence-electron chi connectivity index (χ2n) is 5.06. The van der Waals surface area contributed by atoms with Gasteiger partial charge in [-0.3, -0.25) is 9.88 Å². The number of piperazine rings is 1. The molecule has 1 atom stereocenters. The quantitative estimate of drug-likeness (QED) is 0.938. The van der Waals surface area contributed by atoms with Gasteiger partial charge in [-0.15, -0.1) is 23.7 Å². The number of thiazole rings is 1. The molecular formula is C15H21ClN4S. The predicted octanol–water partition coefficient (Wildman–Crippen LogP) is 2.67. The van der Waals surface area contributed by atoms with E-state index in [1.165, 1.54) is 16.3 Å². The van der Waals surface area contributed by atoms with Crippen molar-refractivity contribution < 1.29 is 0 Å². The molecule has 0 aliphatic carbocycles. The highest BCUT2D eigenvalue weighted by Crippen LogP contribution is 2.24. The van der Waals surface area contributed by atoms with Crippen LogP contribution < -0.4 is 5.32 Å². The van der Waals surface area contributed by atoms with Gasteiger partial charge in [-0.2, -0.15) is 0 Å². The third kappa shape index (κ3) is 4.01. The van der Waals surface area contributed by atoms with Gasteiger partial charge >= 0.3 is 0 Å². The van der Waals surface area contributed by atoms with E-state index in [0.717, 1.165) is 32.6 Å². The first kappa shape index (κ1) is 16.4. The van der Waals surface area contributed by atoms with Gasteiger partial charge in [0, 0.05) is 50.0 Å². The van der Waals surface area contributed by atoms with Crippen molar-refractivity contribution >= 4 is 23.7 Å². The van der Waals surface area contributed by atoms with Crippen LogP contribution in [0.25, 0.3) is 0 Å². The minimum absolute atomic E-state index is 0. The fraction of sp³-hybridized carbons (Fsp3) is 0.467. The van der Waals surface area contributed by atoms with Crippen LogP contribution in [0.15, 0.2) is 29.9 Å².